The van der Waals surface area contributed by atoms with Gasteiger partial charge in [0.2, 0.25) is 10.0 Å². The fraction of sp³-hybridized carbons (Fsp3) is 0.318. The predicted molar refractivity (Wildman–Crippen MR) is 115 cm³/mol. The smallest absolute Gasteiger partial charge is 0.254 e. The number of rotatable bonds is 7. The molecular weight excluding hydrogens is 388 g/mol. The highest BCUT2D eigenvalue weighted by atomic mass is 32.2. The topological polar surface area (TPSA) is 66.9 Å². The van der Waals surface area contributed by atoms with E-state index in [4.69, 9.17) is 4.74 Å². The third kappa shape index (κ3) is 4.45. The van der Waals surface area contributed by atoms with E-state index in [2.05, 4.69) is 6.58 Å². The second kappa shape index (κ2) is 8.29. The Morgan fingerprint density at radius 1 is 1.28 bits per heavy atom. The van der Waals surface area contributed by atoms with Gasteiger partial charge >= 0.3 is 0 Å². The van der Waals surface area contributed by atoms with Crippen LogP contribution in [0.15, 0.2) is 55.1 Å². The number of carbonyl (C=O) groups is 1. The molecule has 0 fully saturated rings. The number of hydrogen-bond donors (Lipinski definition) is 0. The summed E-state index contributed by atoms with van der Waals surface area (Å²) in [5.41, 5.74) is 3.06. The minimum atomic E-state index is -3.36. The number of carbonyl (C=O) groups excluding carboxylic acids is 1. The van der Waals surface area contributed by atoms with Crippen LogP contribution in [0.25, 0.3) is 0 Å². The van der Waals surface area contributed by atoms with Crippen molar-refractivity contribution in [1.29, 1.82) is 0 Å². The molecule has 3 rings (SSSR count). The molecular formula is C22H26N2O4S. The van der Waals surface area contributed by atoms with Gasteiger partial charge in [0.15, 0.2) is 0 Å². The Labute approximate surface area is 172 Å². The van der Waals surface area contributed by atoms with Crippen LogP contribution in [-0.2, 0) is 23.0 Å². The Kier molecular flexibility index (Phi) is 5.98. The summed E-state index contributed by atoms with van der Waals surface area (Å²) in [5, 5.41) is 0. The number of fused-ring (bicyclic) bond motifs is 1. The zero-order valence-electron chi connectivity index (χ0n) is 17.0. The van der Waals surface area contributed by atoms with E-state index in [-0.39, 0.29) is 11.9 Å². The maximum atomic E-state index is 13.1. The van der Waals surface area contributed by atoms with Gasteiger partial charge in [-0.05, 0) is 54.8 Å². The SMILES string of the molecule is C=CCN(Cc1ccc(OC)cc1)C(=O)c1ccc2c(c1)CC(C)N2S(C)(=O)=O. The molecule has 2 aromatic carbocycles. The van der Waals surface area contributed by atoms with Gasteiger partial charge in [-0.1, -0.05) is 18.2 Å². The van der Waals surface area contributed by atoms with Crippen molar-refractivity contribution < 1.29 is 17.9 Å². The number of hydrogen-bond acceptors (Lipinski definition) is 4. The highest BCUT2D eigenvalue weighted by molar-refractivity contribution is 7.92. The van der Waals surface area contributed by atoms with Crippen LogP contribution in [0.4, 0.5) is 5.69 Å². The van der Waals surface area contributed by atoms with Crippen molar-refractivity contribution in [3.05, 3.63) is 71.8 Å². The number of ether oxygens (including phenoxy) is 1. The number of nitrogens with zero attached hydrogens (tertiary/aromatic N) is 2. The van der Waals surface area contributed by atoms with E-state index < -0.39 is 10.0 Å². The number of sulfonamides is 1. The Bertz CT molecular complexity index is 1020. The number of methoxy groups -OCH3 is 1. The molecule has 0 aromatic heterocycles. The lowest BCUT2D eigenvalue weighted by atomic mass is 10.1. The van der Waals surface area contributed by atoms with Gasteiger partial charge in [-0.25, -0.2) is 8.42 Å². The molecule has 154 valence electrons. The lowest BCUT2D eigenvalue weighted by molar-refractivity contribution is 0.0762. The van der Waals surface area contributed by atoms with E-state index >= 15 is 0 Å². The third-order valence-corrected chi connectivity index (χ3v) is 6.28. The molecule has 1 atom stereocenters. The molecule has 0 aliphatic carbocycles. The summed E-state index contributed by atoms with van der Waals surface area (Å²) < 4.78 is 30.8. The van der Waals surface area contributed by atoms with E-state index in [0.29, 0.717) is 30.8 Å². The molecule has 0 saturated carbocycles. The van der Waals surface area contributed by atoms with Crippen molar-refractivity contribution in [1.82, 2.24) is 4.90 Å². The van der Waals surface area contributed by atoms with Crippen molar-refractivity contribution in [2.24, 2.45) is 0 Å². The van der Waals surface area contributed by atoms with Crippen LogP contribution >= 0.6 is 0 Å². The summed E-state index contributed by atoms with van der Waals surface area (Å²) in [7, 11) is -1.74. The van der Waals surface area contributed by atoms with Crippen LogP contribution in [0.3, 0.4) is 0 Å². The standard InChI is InChI=1S/C22H26N2O4S/c1-5-12-23(15-17-6-9-20(28-3)10-7-17)22(25)18-8-11-21-19(14-18)13-16(2)24(21)29(4,26)27/h5-11,14,16H,1,12-13,15H2,2-4H3. The van der Waals surface area contributed by atoms with Crippen molar-refractivity contribution in [2.75, 3.05) is 24.2 Å². The molecule has 7 heteroatoms. The van der Waals surface area contributed by atoms with Crippen LogP contribution in [0.5, 0.6) is 5.75 Å². The summed E-state index contributed by atoms with van der Waals surface area (Å²) in [6.45, 7) is 6.49. The summed E-state index contributed by atoms with van der Waals surface area (Å²) in [4.78, 5) is 14.9. The first kappa shape index (κ1) is 20.9. The Balaban J connectivity index is 1.85. The largest absolute Gasteiger partial charge is 0.497 e. The zero-order valence-corrected chi connectivity index (χ0v) is 17.8. The van der Waals surface area contributed by atoms with Gasteiger partial charge in [0, 0.05) is 24.7 Å². The highest BCUT2D eigenvalue weighted by Gasteiger charge is 2.33. The van der Waals surface area contributed by atoms with Crippen LogP contribution < -0.4 is 9.04 Å². The van der Waals surface area contributed by atoms with Gasteiger partial charge < -0.3 is 9.64 Å². The van der Waals surface area contributed by atoms with Crippen molar-refractivity contribution in [3.63, 3.8) is 0 Å². The van der Waals surface area contributed by atoms with Crippen LogP contribution in [-0.4, -0.2) is 45.2 Å². The first-order valence-corrected chi connectivity index (χ1v) is 11.2. The van der Waals surface area contributed by atoms with E-state index in [1.165, 1.54) is 10.6 Å². The monoisotopic (exact) mass is 414 g/mol. The van der Waals surface area contributed by atoms with Crippen molar-refractivity contribution in [2.45, 2.75) is 25.9 Å². The Morgan fingerprint density at radius 2 is 1.97 bits per heavy atom. The maximum Gasteiger partial charge on any atom is 0.254 e. The average Bonchev–Trinajstić information content (AvgIpc) is 3.02. The molecule has 1 aliphatic rings. The molecule has 0 saturated heterocycles. The third-order valence-electron chi connectivity index (χ3n) is 5.01. The normalized spacial score (nSPS) is 15.7. The molecule has 1 amide bonds. The van der Waals surface area contributed by atoms with Gasteiger partial charge in [0.1, 0.15) is 5.75 Å². The lowest BCUT2D eigenvalue weighted by Crippen LogP contribution is -2.34. The molecule has 1 aliphatic heterocycles. The number of amides is 1. The van der Waals surface area contributed by atoms with E-state index in [0.717, 1.165) is 16.9 Å². The predicted octanol–water partition coefficient (Wildman–Crippen LogP) is 3.23. The summed E-state index contributed by atoms with van der Waals surface area (Å²) >= 11 is 0. The Hall–Kier alpha value is -2.80. The quantitative estimate of drug-likeness (QED) is 0.653. The minimum absolute atomic E-state index is 0.117. The van der Waals surface area contributed by atoms with Gasteiger partial charge in [-0.15, -0.1) is 6.58 Å². The maximum absolute atomic E-state index is 13.1. The molecule has 1 heterocycles. The molecule has 2 aromatic rings. The first-order valence-electron chi connectivity index (χ1n) is 9.40. The first-order chi connectivity index (χ1) is 13.7. The van der Waals surface area contributed by atoms with Crippen molar-refractivity contribution >= 4 is 21.6 Å². The van der Waals surface area contributed by atoms with E-state index in [1.54, 1.807) is 30.2 Å². The van der Waals surface area contributed by atoms with Crippen LogP contribution in [0, 0.1) is 0 Å². The summed E-state index contributed by atoms with van der Waals surface area (Å²) in [6, 6.07) is 12.7. The van der Waals surface area contributed by atoms with Crippen LogP contribution in [0.1, 0.15) is 28.4 Å². The van der Waals surface area contributed by atoms with E-state index in [9.17, 15) is 13.2 Å². The minimum Gasteiger partial charge on any atom is -0.497 e. The fourth-order valence-electron chi connectivity index (χ4n) is 3.75. The van der Waals surface area contributed by atoms with Crippen LogP contribution in [0.2, 0.25) is 0 Å². The highest BCUT2D eigenvalue weighted by Crippen LogP contribution is 2.35. The van der Waals surface area contributed by atoms with Gasteiger partial charge in [-0.3, -0.25) is 9.10 Å². The van der Waals surface area contributed by atoms with Crippen molar-refractivity contribution in [3.8, 4) is 5.75 Å². The molecule has 6 nitrogen and oxygen atoms in total. The lowest BCUT2D eigenvalue weighted by Gasteiger charge is -2.23. The van der Waals surface area contributed by atoms with E-state index in [1.807, 2.05) is 37.3 Å². The molecule has 29 heavy (non-hydrogen) atoms. The molecule has 0 spiro atoms. The average molecular weight is 415 g/mol. The van der Waals surface area contributed by atoms with Gasteiger partial charge in [0.05, 0.1) is 19.1 Å². The molecule has 0 bridgehead atoms. The van der Waals surface area contributed by atoms with Gasteiger partial charge in [0.25, 0.3) is 5.91 Å². The number of anilines is 1. The summed E-state index contributed by atoms with van der Waals surface area (Å²) in [6.07, 6.45) is 3.49. The van der Waals surface area contributed by atoms with Gasteiger partial charge in [-0.2, -0.15) is 0 Å². The second-order valence-electron chi connectivity index (χ2n) is 7.28. The number of benzene rings is 2. The molecule has 0 N–H and O–H groups in total. The Morgan fingerprint density at radius 3 is 2.55 bits per heavy atom. The zero-order chi connectivity index (χ0) is 21.2. The fourth-order valence-corrected chi connectivity index (χ4v) is 5.01. The summed E-state index contributed by atoms with van der Waals surface area (Å²) in [5.74, 6) is 0.646. The molecule has 1 unspecified atom stereocenters. The second-order valence-corrected chi connectivity index (χ2v) is 9.14. The molecule has 0 radical (unpaired) electrons.